The highest BCUT2D eigenvalue weighted by molar-refractivity contribution is 5.90. The Morgan fingerprint density at radius 3 is 2.53 bits per heavy atom. The number of halogens is 1. The summed E-state index contributed by atoms with van der Waals surface area (Å²) in [5.41, 5.74) is 1.42. The molecule has 0 unspecified atom stereocenters. The van der Waals surface area contributed by atoms with E-state index in [0.29, 0.717) is 23.0 Å². The van der Waals surface area contributed by atoms with Crippen LogP contribution >= 0.6 is 0 Å². The van der Waals surface area contributed by atoms with E-state index in [1.807, 2.05) is 0 Å². The Morgan fingerprint density at radius 2 is 1.89 bits per heavy atom. The van der Waals surface area contributed by atoms with Crippen LogP contribution in [0.4, 0.5) is 4.39 Å². The van der Waals surface area contributed by atoms with Crippen molar-refractivity contribution < 1.29 is 18.7 Å². The predicted octanol–water partition coefficient (Wildman–Crippen LogP) is 3.00. The Balaban J connectivity index is 1.99. The largest absolute Gasteiger partial charge is 0.457 e. The lowest BCUT2D eigenvalue weighted by Gasteiger charge is -2.05. The summed E-state index contributed by atoms with van der Waals surface area (Å²) in [4.78, 5) is 22.2. The molecule has 0 radical (unpaired) electrons. The van der Waals surface area contributed by atoms with Crippen molar-refractivity contribution in [2.24, 2.45) is 0 Å². The predicted molar refractivity (Wildman–Crippen MR) is 67.3 cm³/mol. The quantitative estimate of drug-likeness (QED) is 0.625. The van der Waals surface area contributed by atoms with E-state index in [-0.39, 0.29) is 12.4 Å². The lowest BCUT2D eigenvalue weighted by molar-refractivity contribution is 0.0472. The lowest BCUT2D eigenvalue weighted by atomic mass is 10.1. The lowest BCUT2D eigenvalue weighted by Crippen LogP contribution is -2.05. The number of hydrogen-bond acceptors (Lipinski definition) is 3. The van der Waals surface area contributed by atoms with Gasteiger partial charge >= 0.3 is 5.97 Å². The summed E-state index contributed by atoms with van der Waals surface area (Å²) >= 11 is 0. The Labute approximate surface area is 109 Å². The third-order valence-electron chi connectivity index (χ3n) is 2.54. The van der Waals surface area contributed by atoms with E-state index in [0.717, 1.165) is 0 Å². The molecule has 0 aliphatic carbocycles. The first-order valence-corrected chi connectivity index (χ1v) is 5.66. The van der Waals surface area contributed by atoms with Crippen LogP contribution in [-0.4, -0.2) is 12.3 Å². The summed E-state index contributed by atoms with van der Waals surface area (Å²) < 4.78 is 18.0. The maximum absolute atomic E-state index is 12.9. The molecule has 2 aromatic carbocycles. The fraction of sp³-hybridized carbons (Fsp3) is 0.0667. The molecular weight excluding hydrogens is 247 g/mol. The van der Waals surface area contributed by atoms with Gasteiger partial charge in [0.15, 0.2) is 0 Å². The molecule has 3 nitrogen and oxygen atoms in total. The summed E-state index contributed by atoms with van der Waals surface area (Å²) in [7, 11) is 0. The molecule has 4 heteroatoms. The van der Waals surface area contributed by atoms with Crippen molar-refractivity contribution in [3.8, 4) is 0 Å². The Morgan fingerprint density at radius 1 is 1.16 bits per heavy atom. The molecule has 19 heavy (non-hydrogen) atoms. The first-order valence-electron chi connectivity index (χ1n) is 5.66. The average Bonchev–Trinajstić information content (AvgIpc) is 2.45. The van der Waals surface area contributed by atoms with Crippen LogP contribution in [0.25, 0.3) is 0 Å². The molecule has 0 N–H and O–H groups in total. The number of carbonyl (C=O) groups excluding carboxylic acids is 2. The third kappa shape index (κ3) is 3.48. The van der Waals surface area contributed by atoms with Gasteiger partial charge in [0.2, 0.25) is 0 Å². The van der Waals surface area contributed by atoms with Crippen molar-refractivity contribution in [2.75, 3.05) is 0 Å². The molecule has 0 saturated heterocycles. The van der Waals surface area contributed by atoms with E-state index in [2.05, 4.69) is 0 Å². The van der Waals surface area contributed by atoms with E-state index < -0.39 is 5.97 Å². The number of ether oxygens (including phenoxy) is 1. The summed E-state index contributed by atoms with van der Waals surface area (Å²) in [6.45, 7) is 0.00598. The van der Waals surface area contributed by atoms with Crippen molar-refractivity contribution in [2.45, 2.75) is 6.61 Å². The summed E-state index contributed by atoms with van der Waals surface area (Å²) in [6.07, 6.45) is 0.696. The van der Waals surface area contributed by atoms with Crippen molar-refractivity contribution in [1.82, 2.24) is 0 Å². The van der Waals surface area contributed by atoms with Crippen LogP contribution in [0.3, 0.4) is 0 Å². The maximum Gasteiger partial charge on any atom is 0.338 e. The maximum atomic E-state index is 12.9. The number of aldehydes is 1. The van der Waals surface area contributed by atoms with E-state index in [9.17, 15) is 14.0 Å². The standard InChI is InChI=1S/C15H11FO3/c16-14-3-1-2-12(8-14)10-19-15(18)13-6-4-11(9-17)5-7-13/h1-9H,10H2. The number of benzene rings is 2. The highest BCUT2D eigenvalue weighted by Crippen LogP contribution is 2.08. The number of hydrogen-bond donors (Lipinski definition) is 0. The molecule has 0 fully saturated rings. The van der Waals surface area contributed by atoms with Crippen molar-refractivity contribution in [1.29, 1.82) is 0 Å². The molecule has 0 heterocycles. The molecule has 0 amide bonds. The molecule has 0 aliphatic rings. The zero-order chi connectivity index (χ0) is 13.7. The molecule has 0 aromatic heterocycles. The first-order chi connectivity index (χ1) is 9.19. The molecule has 96 valence electrons. The molecule has 0 aliphatic heterocycles. The minimum absolute atomic E-state index is 0.00598. The van der Waals surface area contributed by atoms with Gasteiger partial charge in [-0.25, -0.2) is 9.18 Å². The molecule has 0 spiro atoms. The molecule has 0 atom stereocenters. The Hall–Kier alpha value is -2.49. The van der Waals surface area contributed by atoms with E-state index in [1.165, 1.54) is 36.4 Å². The monoisotopic (exact) mass is 258 g/mol. The molecule has 2 aromatic rings. The summed E-state index contributed by atoms with van der Waals surface area (Å²) in [5, 5.41) is 0. The van der Waals surface area contributed by atoms with Crippen molar-refractivity contribution in [3.05, 3.63) is 71.0 Å². The van der Waals surface area contributed by atoms with Crippen LogP contribution < -0.4 is 0 Å². The topological polar surface area (TPSA) is 43.4 Å². The zero-order valence-corrected chi connectivity index (χ0v) is 10.0. The molecule has 2 rings (SSSR count). The van der Waals surface area contributed by atoms with Crippen LogP contribution in [0, 0.1) is 5.82 Å². The van der Waals surface area contributed by atoms with Crippen molar-refractivity contribution >= 4 is 12.3 Å². The number of carbonyl (C=O) groups is 2. The van der Waals surface area contributed by atoms with Gasteiger partial charge in [-0.3, -0.25) is 4.79 Å². The minimum atomic E-state index is -0.512. The van der Waals surface area contributed by atoms with Gasteiger partial charge in [-0.05, 0) is 29.8 Å². The van der Waals surface area contributed by atoms with Gasteiger partial charge in [-0.15, -0.1) is 0 Å². The molecule has 0 bridgehead atoms. The summed E-state index contributed by atoms with van der Waals surface area (Å²) in [5.74, 6) is -0.884. The zero-order valence-electron chi connectivity index (χ0n) is 10.0. The SMILES string of the molecule is O=Cc1ccc(C(=O)OCc2cccc(F)c2)cc1. The second-order valence-electron chi connectivity index (χ2n) is 3.95. The molecular formula is C15H11FO3. The number of esters is 1. The average molecular weight is 258 g/mol. The van der Waals surface area contributed by atoms with E-state index in [4.69, 9.17) is 4.74 Å². The van der Waals surface area contributed by atoms with Gasteiger partial charge in [-0.2, -0.15) is 0 Å². The van der Waals surface area contributed by atoms with Gasteiger partial charge < -0.3 is 4.74 Å². The molecule has 0 saturated carbocycles. The second kappa shape index (κ2) is 5.91. The smallest absolute Gasteiger partial charge is 0.338 e. The highest BCUT2D eigenvalue weighted by Gasteiger charge is 2.07. The van der Waals surface area contributed by atoms with Gasteiger partial charge in [0, 0.05) is 5.56 Å². The van der Waals surface area contributed by atoms with Crippen LogP contribution in [-0.2, 0) is 11.3 Å². The minimum Gasteiger partial charge on any atom is -0.457 e. The van der Waals surface area contributed by atoms with E-state index in [1.54, 1.807) is 12.1 Å². The second-order valence-corrected chi connectivity index (χ2v) is 3.95. The first kappa shape index (κ1) is 13.0. The van der Waals surface area contributed by atoms with Crippen LogP contribution in [0.5, 0.6) is 0 Å². The van der Waals surface area contributed by atoms with Gasteiger partial charge in [0.25, 0.3) is 0 Å². The van der Waals surface area contributed by atoms with Gasteiger partial charge in [-0.1, -0.05) is 24.3 Å². The fourth-order valence-corrected chi connectivity index (χ4v) is 1.56. The van der Waals surface area contributed by atoms with Crippen LogP contribution in [0.1, 0.15) is 26.3 Å². The summed E-state index contributed by atoms with van der Waals surface area (Å²) in [6, 6.07) is 11.9. The van der Waals surface area contributed by atoms with E-state index >= 15 is 0 Å². The Bertz CT molecular complexity index is 591. The highest BCUT2D eigenvalue weighted by atomic mass is 19.1. The van der Waals surface area contributed by atoms with Crippen LogP contribution in [0.2, 0.25) is 0 Å². The van der Waals surface area contributed by atoms with Crippen LogP contribution in [0.15, 0.2) is 48.5 Å². The van der Waals surface area contributed by atoms with Gasteiger partial charge in [0.1, 0.15) is 18.7 Å². The van der Waals surface area contributed by atoms with Gasteiger partial charge in [0.05, 0.1) is 5.56 Å². The third-order valence-corrected chi connectivity index (χ3v) is 2.54. The fourth-order valence-electron chi connectivity index (χ4n) is 1.56. The number of rotatable bonds is 4. The van der Waals surface area contributed by atoms with Crippen molar-refractivity contribution in [3.63, 3.8) is 0 Å². The Kier molecular flexibility index (Phi) is 4.03. The normalized spacial score (nSPS) is 9.95.